The summed E-state index contributed by atoms with van der Waals surface area (Å²) in [6.07, 6.45) is 3.58. The lowest BCUT2D eigenvalue weighted by atomic mass is 9.93. The molecule has 3 aromatic rings. The molecule has 0 fully saturated rings. The van der Waals surface area contributed by atoms with Crippen molar-refractivity contribution >= 4 is 40.6 Å². The van der Waals surface area contributed by atoms with Crippen LogP contribution in [0.25, 0.3) is 5.65 Å². The Morgan fingerprint density at radius 1 is 1.21 bits per heavy atom. The van der Waals surface area contributed by atoms with Gasteiger partial charge < -0.3 is 0 Å². The number of carbonyl (C=O) groups is 1. The molecule has 0 atom stereocenters. The van der Waals surface area contributed by atoms with Gasteiger partial charge in [0.15, 0.2) is 5.82 Å². The van der Waals surface area contributed by atoms with Crippen LogP contribution in [0.4, 0.5) is 14.6 Å². The van der Waals surface area contributed by atoms with Crippen molar-refractivity contribution in [1.82, 2.24) is 19.6 Å². The van der Waals surface area contributed by atoms with Gasteiger partial charge in [0.25, 0.3) is 0 Å². The minimum absolute atomic E-state index is 0.0853. The lowest BCUT2D eigenvalue weighted by Gasteiger charge is -2.25. The van der Waals surface area contributed by atoms with Crippen LogP contribution in [0.1, 0.15) is 34.2 Å². The standard InChI is InChI=1S/C19H17Cl2F2N5O/c1-9-11-4-3-5-12(11)15(22)10(2)13(9)7-27(14(29)6-20)17-16(23)18-26-24-8-28(18)19(21)25-17/h8H,3-7H2,1-2H3. The van der Waals surface area contributed by atoms with Crippen molar-refractivity contribution < 1.29 is 13.6 Å². The highest BCUT2D eigenvalue weighted by molar-refractivity contribution is 6.30. The van der Waals surface area contributed by atoms with Crippen LogP contribution in [-0.4, -0.2) is 31.4 Å². The second-order valence-electron chi connectivity index (χ2n) is 7.01. The third-order valence-electron chi connectivity index (χ3n) is 5.49. The van der Waals surface area contributed by atoms with Crippen molar-refractivity contribution in [3.63, 3.8) is 0 Å². The molecule has 152 valence electrons. The highest BCUT2D eigenvalue weighted by Gasteiger charge is 2.29. The molecule has 0 N–H and O–H groups in total. The zero-order chi connectivity index (χ0) is 20.9. The van der Waals surface area contributed by atoms with Gasteiger partial charge in [0, 0.05) is 0 Å². The first-order valence-electron chi connectivity index (χ1n) is 9.05. The Hall–Kier alpha value is -2.32. The lowest BCUT2D eigenvalue weighted by molar-refractivity contribution is -0.116. The summed E-state index contributed by atoms with van der Waals surface area (Å²) in [6.45, 7) is 3.48. The largest absolute Gasteiger partial charge is 0.289 e. The van der Waals surface area contributed by atoms with E-state index in [-0.39, 0.29) is 29.1 Å². The van der Waals surface area contributed by atoms with E-state index in [4.69, 9.17) is 23.2 Å². The molecular formula is C19H17Cl2F2N5O. The van der Waals surface area contributed by atoms with E-state index < -0.39 is 17.6 Å². The van der Waals surface area contributed by atoms with Crippen LogP contribution in [0.5, 0.6) is 0 Å². The Labute approximate surface area is 175 Å². The highest BCUT2D eigenvalue weighted by Crippen LogP contribution is 2.34. The van der Waals surface area contributed by atoms with Gasteiger partial charge in [-0.3, -0.25) is 14.1 Å². The van der Waals surface area contributed by atoms with E-state index in [0.29, 0.717) is 17.5 Å². The summed E-state index contributed by atoms with van der Waals surface area (Å²) in [5.74, 6) is -2.43. The molecule has 1 aliphatic rings. The van der Waals surface area contributed by atoms with Crippen LogP contribution in [0.3, 0.4) is 0 Å². The number of carbonyl (C=O) groups excluding carboxylic acids is 1. The SMILES string of the molecule is Cc1c(F)c2c(c(C)c1CN(C(=O)CCl)c1nc(Cl)n3cnnc3c1F)CCC2. The van der Waals surface area contributed by atoms with E-state index in [9.17, 15) is 9.18 Å². The van der Waals surface area contributed by atoms with Crippen molar-refractivity contribution in [1.29, 1.82) is 0 Å². The Morgan fingerprint density at radius 2 is 1.93 bits per heavy atom. The molecule has 0 spiro atoms. The van der Waals surface area contributed by atoms with Gasteiger partial charge in [-0.05, 0) is 72.5 Å². The molecule has 1 aliphatic carbocycles. The van der Waals surface area contributed by atoms with Crippen LogP contribution in [0.2, 0.25) is 5.28 Å². The molecule has 2 heterocycles. The molecular weight excluding hydrogens is 423 g/mol. The molecule has 0 saturated heterocycles. The summed E-state index contributed by atoms with van der Waals surface area (Å²) in [6, 6.07) is 0. The fourth-order valence-corrected chi connectivity index (χ4v) is 4.31. The predicted molar refractivity (Wildman–Crippen MR) is 106 cm³/mol. The minimum atomic E-state index is -0.859. The molecule has 0 saturated carbocycles. The first-order valence-corrected chi connectivity index (χ1v) is 9.96. The molecule has 4 rings (SSSR count). The maximum Gasteiger partial charge on any atom is 0.243 e. The molecule has 10 heteroatoms. The number of hydrogen-bond acceptors (Lipinski definition) is 4. The average Bonchev–Trinajstić information content (AvgIpc) is 3.39. The Kier molecular flexibility index (Phi) is 5.16. The van der Waals surface area contributed by atoms with E-state index in [0.717, 1.165) is 38.8 Å². The number of anilines is 1. The Bertz CT molecular complexity index is 1150. The predicted octanol–water partition coefficient (Wildman–Crippen LogP) is 3.93. The molecule has 0 aliphatic heterocycles. The van der Waals surface area contributed by atoms with E-state index in [1.807, 2.05) is 6.92 Å². The smallest absolute Gasteiger partial charge is 0.243 e. The van der Waals surface area contributed by atoms with Gasteiger partial charge in [-0.1, -0.05) is 0 Å². The van der Waals surface area contributed by atoms with Gasteiger partial charge in [0.1, 0.15) is 18.0 Å². The number of hydrogen-bond donors (Lipinski definition) is 0. The number of nitrogens with zero attached hydrogens (tertiary/aromatic N) is 5. The van der Waals surface area contributed by atoms with E-state index in [1.165, 1.54) is 6.33 Å². The molecule has 0 unspecified atom stereocenters. The molecule has 2 aromatic heterocycles. The van der Waals surface area contributed by atoms with Crippen molar-refractivity contribution in [2.75, 3.05) is 10.8 Å². The number of benzene rings is 1. The first kappa shape index (κ1) is 20.0. The maximum atomic E-state index is 15.1. The first-order chi connectivity index (χ1) is 13.8. The van der Waals surface area contributed by atoms with Gasteiger partial charge >= 0.3 is 0 Å². The van der Waals surface area contributed by atoms with Crippen molar-refractivity contribution in [3.05, 3.63) is 51.1 Å². The zero-order valence-electron chi connectivity index (χ0n) is 15.8. The normalized spacial score (nSPS) is 13.2. The van der Waals surface area contributed by atoms with Crippen LogP contribution < -0.4 is 4.90 Å². The van der Waals surface area contributed by atoms with Crippen LogP contribution in [0.15, 0.2) is 6.33 Å². The topological polar surface area (TPSA) is 63.4 Å². The summed E-state index contributed by atoms with van der Waals surface area (Å²) in [5.41, 5.74) is 3.47. The van der Waals surface area contributed by atoms with Gasteiger partial charge in [-0.25, -0.2) is 4.39 Å². The number of aromatic nitrogens is 4. The molecule has 0 radical (unpaired) electrons. The molecule has 1 amide bonds. The fourth-order valence-electron chi connectivity index (χ4n) is 3.96. The third-order valence-corrected chi connectivity index (χ3v) is 5.99. The van der Waals surface area contributed by atoms with Gasteiger partial charge in [0.05, 0.1) is 6.54 Å². The molecule has 1 aromatic carbocycles. The summed E-state index contributed by atoms with van der Waals surface area (Å²) in [7, 11) is 0. The summed E-state index contributed by atoms with van der Waals surface area (Å²) in [4.78, 5) is 17.7. The van der Waals surface area contributed by atoms with Gasteiger partial charge in [-0.2, -0.15) is 9.37 Å². The second-order valence-corrected chi connectivity index (χ2v) is 7.62. The fraction of sp³-hybridized carbons (Fsp3) is 0.368. The van der Waals surface area contributed by atoms with Crippen LogP contribution >= 0.6 is 23.2 Å². The van der Waals surface area contributed by atoms with E-state index >= 15 is 4.39 Å². The number of rotatable bonds is 4. The lowest BCUT2D eigenvalue weighted by Crippen LogP contribution is -2.34. The quantitative estimate of drug-likeness (QED) is 0.456. The minimum Gasteiger partial charge on any atom is -0.289 e. The summed E-state index contributed by atoms with van der Waals surface area (Å²) in [5, 5.41) is 7.21. The second kappa shape index (κ2) is 7.50. The van der Waals surface area contributed by atoms with Crippen molar-refractivity contribution in [3.8, 4) is 0 Å². The summed E-state index contributed by atoms with van der Waals surface area (Å²) < 4.78 is 31.2. The number of fused-ring (bicyclic) bond motifs is 2. The average molecular weight is 440 g/mol. The van der Waals surface area contributed by atoms with Gasteiger partial charge in [-0.15, -0.1) is 21.8 Å². The van der Waals surface area contributed by atoms with E-state index in [1.54, 1.807) is 6.92 Å². The Morgan fingerprint density at radius 3 is 2.66 bits per heavy atom. The van der Waals surface area contributed by atoms with E-state index in [2.05, 4.69) is 15.2 Å². The zero-order valence-corrected chi connectivity index (χ0v) is 17.3. The van der Waals surface area contributed by atoms with Gasteiger partial charge in [0.2, 0.25) is 22.7 Å². The number of halogens is 4. The molecule has 29 heavy (non-hydrogen) atoms. The molecule has 6 nitrogen and oxygen atoms in total. The van der Waals surface area contributed by atoms with Crippen molar-refractivity contribution in [2.24, 2.45) is 0 Å². The van der Waals surface area contributed by atoms with Crippen LogP contribution in [0, 0.1) is 25.5 Å². The monoisotopic (exact) mass is 439 g/mol. The maximum absolute atomic E-state index is 15.1. The summed E-state index contributed by atoms with van der Waals surface area (Å²) >= 11 is 11.9. The number of alkyl halides is 1. The number of amides is 1. The van der Waals surface area contributed by atoms with Crippen molar-refractivity contribution in [2.45, 2.75) is 39.7 Å². The molecule has 0 bridgehead atoms. The third kappa shape index (κ3) is 3.14. The Balaban J connectivity index is 1.87. The van der Waals surface area contributed by atoms with Crippen LogP contribution in [-0.2, 0) is 24.2 Å². The highest BCUT2D eigenvalue weighted by atomic mass is 35.5.